The highest BCUT2D eigenvalue weighted by molar-refractivity contribution is 6.31. The number of nitrogens with zero attached hydrogens (tertiary/aromatic N) is 1. The zero-order chi connectivity index (χ0) is 21.4. The van der Waals surface area contributed by atoms with Gasteiger partial charge in [0.25, 0.3) is 0 Å². The van der Waals surface area contributed by atoms with Crippen LogP contribution in [0.2, 0.25) is 5.02 Å². The molecular formula is C19H19ClF3NO4. The molecule has 5 nitrogen and oxygen atoms in total. The maximum Gasteiger partial charge on any atom is 0.417 e. The second-order valence-corrected chi connectivity index (χ2v) is 6.62. The van der Waals surface area contributed by atoms with Gasteiger partial charge in [0.15, 0.2) is 0 Å². The summed E-state index contributed by atoms with van der Waals surface area (Å²) in [6.07, 6.45) is -4.70. The van der Waals surface area contributed by atoms with Gasteiger partial charge in [-0.15, -0.1) is 0 Å². The zero-order valence-corrected chi connectivity index (χ0v) is 16.7. The second-order valence-electron chi connectivity index (χ2n) is 6.21. The Balaban J connectivity index is 2.84. The average molecular weight is 418 g/mol. The van der Waals surface area contributed by atoms with E-state index in [1.165, 1.54) is 6.07 Å². The van der Waals surface area contributed by atoms with Crippen LogP contribution in [0.5, 0.6) is 0 Å². The molecule has 0 aliphatic carbocycles. The Hall–Kier alpha value is -2.48. The van der Waals surface area contributed by atoms with Crippen molar-refractivity contribution in [2.45, 2.75) is 25.9 Å². The number of esters is 2. The van der Waals surface area contributed by atoms with Crippen LogP contribution >= 0.6 is 11.6 Å². The molecule has 28 heavy (non-hydrogen) atoms. The fourth-order valence-electron chi connectivity index (χ4n) is 3.20. The van der Waals surface area contributed by atoms with Crippen molar-refractivity contribution in [1.82, 2.24) is 4.90 Å². The molecule has 0 bridgehead atoms. The van der Waals surface area contributed by atoms with E-state index in [2.05, 4.69) is 0 Å². The lowest BCUT2D eigenvalue weighted by Gasteiger charge is -2.35. The lowest BCUT2D eigenvalue weighted by Crippen LogP contribution is -2.33. The summed E-state index contributed by atoms with van der Waals surface area (Å²) in [5.41, 5.74) is 0.00701. The molecule has 0 radical (unpaired) electrons. The molecule has 0 saturated carbocycles. The van der Waals surface area contributed by atoms with Gasteiger partial charge in [-0.05, 0) is 31.5 Å². The molecule has 0 saturated heterocycles. The summed E-state index contributed by atoms with van der Waals surface area (Å²) in [4.78, 5) is 26.6. The fourth-order valence-corrected chi connectivity index (χ4v) is 3.42. The standard InChI is InChI=1S/C19H19ClF3NO4/c1-9-14(17(25)27-4)16(15(18(26)28-5)10(2)24(9)3)11-6-7-13(20)12(8-11)19(21,22)23/h6-8,16H,1-5H3. The van der Waals surface area contributed by atoms with Gasteiger partial charge in [-0.2, -0.15) is 13.2 Å². The highest BCUT2D eigenvalue weighted by Gasteiger charge is 2.41. The summed E-state index contributed by atoms with van der Waals surface area (Å²) in [6.45, 7) is 3.24. The van der Waals surface area contributed by atoms with Crippen molar-refractivity contribution in [2.24, 2.45) is 0 Å². The van der Waals surface area contributed by atoms with Crippen LogP contribution in [0.25, 0.3) is 0 Å². The molecule has 0 amide bonds. The van der Waals surface area contributed by atoms with E-state index >= 15 is 0 Å². The number of hydrogen-bond acceptors (Lipinski definition) is 5. The Bertz CT molecular complexity index is 850. The van der Waals surface area contributed by atoms with Gasteiger partial charge >= 0.3 is 18.1 Å². The number of ether oxygens (including phenoxy) is 2. The first kappa shape index (κ1) is 21.8. The number of alkyl halides is 3. The van der Waals surface area contributed by atoms with Crippen molar-refractivity contribution in [3.63, 3.8) is 0 Å². The van der Waals surface area contributed by atoms with Crippen LogP contribution in [-0.2, 0) is 25.2 Å². The lowest BCUT2D eigenvalue weighted by molar-refractivity contribution is -0.138. The summed E-state index contributed by atoms with van der Waals surface area (Å²) in [7, 11) is 3.95. The smallest absolute Gasteiger partial charge is 0.417 e. The molecule has 1 aromatic carbocycles. The molecule has 0 spiro atoms. The maximum absolute atomic E-state index is 13.4. The van der Waals surface area contributed by atoms with Gasteiger partial charge in [0.1, 0.15) is 0 Å². The van der Waals surface area contributed by atoms with Crippen molar-refractivity contribution < 1.29 is 32.2 Å². The van der Waals surface area contributed by atoms with Crippen LogP contribution in [0.15, 0.2) is 40.7 Å². The van der Waals surface area contributed by atoms with E-state index in [1.807, 2.05) is 0 Å². The minimum Gasteiger partial charge on any atom is -0.466 e. The van der Waals surface area contributed by atoms with Gasteiger partial charge in [0, 0.05) is 18.4 Å². The van der Waals surface area contributed by atoms with E-state index in [9.17, 15) is 22.8 Å². The number of methoxy groups -OCH3 is 2. The maximum atomic E-state index is 13.4. The molecule has 1 aromatic rings. The van der Waals surface area contributed by atoms with Crippen LogP contribution in [0.3, 0.4) is 0 Å². The minimum absolute atomic E-state index is 0.0476. The van der Waals surface area contributed by atoms with E-state index in [0.717, 1.165) is 26.4 Å². The SMILES string of the molecule is COC(=O)C1=C(C)N(C)C(C)=C(C(=O)OC)C1c1ccc(Cl)c(C(F)(F)F)c1. The fraction of sp³-hybridized carbons (Fsp3) is 0.368. The topological polar surface area (TPSA) is 55.8 Å². The number of allylic oxidation sites excluding steroid dienone is 2. The molecule has 152 valence electrons. The number of carbonyl (C=O) groups excluding carboxylic acids is 2. The second kappa shape index (κ2) is 7.87. The Morgan fingerprint density at radius 3 is 1.89 bits per heavy atom. The van der Waals surface area contributed by atoms with Gasteiger partial charge < -0.3 is 14.4 Å². The number of hydrogen-bond donors (Lipinski definition) is 0. The summed E-state index contributed by atoms with van der Waals surface area (Å²) >= 11 is 5.72. The highest BCUT2D eigenvalue weighted by atomic mass is 35.5. The van der Waals surface area contributed by atoms with E-state index in [0.29, 0.717) is 11.4 Å². The van der Waals surface area contributed by atoms with Crippen molar-refractivity contribution in [3.05, 3.63) is 56.9 Å². The molecule has 0 aromatic heterocycles. The number of benzene rings is 1. The van der Waals surface area contributed by atoms with Crippen LogP contribution in [0.1, 0.15) is 30.9 Å². The molecule has 0 atom stereocenters. The lowest BCUT2D eigenvalue weighted by atomic mass is 9.79. The van der Waals surface area contributed by atoms with Crippen molar-refractivity contribution >= 4 is 23.5 Å². The Morgan fingerprint density at radius 2 is 1.50 bits per heavy atom. The van der Waals surface area contributed by atoms with Crippen molar-refractivity contribution in [3.8, 4) is 0 Å². The predicted octanol–water partition coefficient (Wildman–Crippen LogP) is 4.28. The van der Waals surface area contributed by atoms with Crippen LogP contribution < -0.4 is 0 Å². The third-order valence-corrected chi connectivity index (χ3v) is 5.13. The molecule has 0 N–H and O–H groups in total. The number of carbonyl (C=O) groups is 2. The van der Waals surface area contributed by atoms with Crippen molar-refractivity contribution in [2.75, 3.05) is 21.3 Å². The van der Waals surface area contributed by atoms with Gasteiger partial charge in [-0.25, -0.2) is 9.59 Å². The molecule has 0 unspecified atom stereocenters. The van der Waals surface area contributed by atoms with Crippen LogP contribution in [0, 0.1) is 0 Å². The monoisotopic (exact) mass is 417 g/mol. The third kappa shape index (κ3) is 3.73. The van der Waals surface area contributed by atoms with E-state index in [4.69, 9.17) is 21.1 Å². The first-order valence-electron chi connectivity index (χ1n) is 8.14. The molecule has 2 rings (SSSR count). The van der Waals surface area contributed by atoms with Crippen LogP contribution in [-0.4, -0.2) is 38.1 Å². The number of halogens is 4. The van der Waals surface area contributed by atoms with E-state index in [1.54, 1.807) is 25.8 Å². The first-order valence-corrected chi connectivity index (χ1v) is 8.52. The molecule has 9 heteroatoms. The van der Waals surface area contributed by atoms with Crippen molar-refractivity contribution in [1.29, 1.82) is 0 Å². The summed E-state index contributed by atoms with van der Waals surface area (Å²) < 4.78 is 49.7. The molecule has 1 heterocycles. The van der Waals surface area contributed by atoms with E-state index in [-0.39, 0.29) is 16.7 Å². The predicted molar refractivity (Wildman–Crippen MR) is 96.4 cm³/mol. The number of rotatable bonds is 3. The molecule has 1 aliphatic heterocycles. The Morgan fingerprint density at radius 1 is 1.04 bits per heavy atom. The first-order chi connectivity index (χ1) is 12.9. The normalized spacial score (nSPS) is 15.8. The molecule has 1 aliphatic rings. The zero-order valence-electron chi connectivity index (χ0n) is 15.9. The largest absolute Gasteiger partial charge is 0.466 e. The molecule has 0 fully saturated rings. The minimum atomic E-state index is -4.70. The Kier molecular flexibility index (Phi) is 6.13. The molecular weight excluding hydrogens is 399 g/mol. The van der Waals surface area contributed by atoms with E-state index < -0.39 is 34.6 Å². The Labute approximate surface area is 165 Å². The summed E-state index contributed by atoms with van der Waals surface area (Å²) in [5.74, 6) is -2.62. The van der Waals surface area contributed by atoms with Gasteiger partial charge in [-0.1, -0.05) is 17.7 Å². The summed E-state index contributed by atoms with van der Waals surface area (Å²) in [6, 6.07) is 3.28. The highest BCUT2D eigenvalue weighted by Crippen LogP contribution is 2.44. The van der Waals surface area contributed by atoms with Crippen LogP contribution in [0.4, 0.5) is 13.2 Å². The quantitative estimate of drug-likeness (QED) is 0.687. The van der Waals surface area contributed by atoms with Gasteiger partial charge in [-0.3, -0.25) is 0 Å². The third-order valence-electron chi connectivity index (χ3n) is 4.80. The van der Waals surface area contributed by atoms with Gasteiger partial charge in [0.05, 0.1) is 41.9 Å². The average Bonchev–Trinajstić information content (AvgIpc) is 2.64. The van der Waals surface area contributed by atoms with Gasteiger partial charge in [0.2, 0.25) is 0 Å². The summed E-state index contributed by atoms with van der Waals surface area (Å²) in [5, 5.41) is -0.482.